The highest BCUT2D eigenvalue weighted by atomic mass is 32.2. The summed E-state index contributed by atoms with van der Waals surface area (Å²) in [4.78, 5) is -0.291. The van der Waals surface area contributed by atoms with Crippen molar-refractivity contribution in [3.8, 4) is 0 Å². The van der Waals surface area contributed by atoms with Crippen LogP contribution in [-0.2, 0) is 16.2 Å². The minimum absolute atomic E-state index is 0.0426. The molecule has 0 aromatic heterocycles. The van der Waals surface area contributed by atoms with Crippen LogP contribution in [0.4, 0.5) is 27.6 Å². The molecule has 23 heavy (non-hydrogen) atoms. The van der Waals surface area contributed by atoms with Gasteiger partial charge < -0.3 is 0 Å². The second-order valence-electron chi connectivity index (χ2n) is 4.73. The van der Waals surface area contributed by atoms with Crippen molar-refractivity contribution in [2.75, 3.05) is 4.72 Å². The van der Waals surface area contributed by atoms with E-state index < -0.39 is 39.1 Å². The van der Waals surface area contributed by atoms with Crippen LogP contribution in [0, 0.1) is 18.6 Å². The zero-order chi connectivity index (χ0) is 17.4. The third kappa shape index (κ3) is 3.79. The Morgan fingerprint density at radius 1 is 1.00 bits per heavy atom. The van der Waals surface area contributed by atoms with E-state index in [0.29, 0.717) is 6.07 Å². The van der Waals surface area contributed by atoms with E-state index in [-0.39, 0.29) is 11.0 Å². The van der Waals surface area contributed by atoms with Crippen molar-refractivity contribution in [2.45, 2.75) is 18.0 Å². The predicted octanol–water partition coefficient (Wildman–Crippen LogP) is 4.09. The minimum atomic E-state index is -5.16. The van der Waals surface area contributed by atoms with Crippen molar-refractivity contribution in [3.05, 3.63) is 59.2 Å². The van der Waals surface area contributed by atoms with Gasteiger partial charge in [-0.25, -0.2) is 17.2 Å². The maximum absolute atomic E-state index is 13.8. The summed E-state index contributed by atoms with van der Waals surface area (Å²) in [6, 6.07) is 5.60. The highest BCUT2D eigenvalue weighted by Crippen LogP contribution is 2.35. The van der Waals surface area contributed by atoms with Gasteiger partial charge in [0.25, 0.3) is 10.0 Å². The first-order valence-electron chi connectivity index (χ1n) is 6.16. The number of nitrogens with one attached hydrogen (secondary N) is 1. The molecule has 0 amide bonds. The lowest BCUT2D eigenvalue weighted by atomic mass is 10.1. The average Bonchev–Trinajstić information content (AvgIpc) is 2.41. The Bertz CT molecular complexity index is 829. The van der Waals surface area contributed by atoms with E-state index in [2.05, 4.69) is 0 Å². The molecule has 2 rings (SSSR count). The average molecular weight is 351 g/mol. The summed E-state index contributed by atoms with van der Waals surface area (Å²) in [6.07, 6.45) is -5.16. The van der Waals surface area contributed by atoms with Gasteiger partial charge in [-0.1, -0.05) is 17.7 Å². The normalized spacial score (nSPS) is 12.3. The van der Waals surface area contributed by atoms with Crippen molar-refractivity contribution >= 4 is 15.7 Å². The van der Waals surface area contributed by atoms with Gasteiger partial charge >= 0.3 is 6.18 Å². The lowest BCUT2D eigenvalue weighted by Gasteiger charge is -2.13. The molecule has 0 bridgehead atoms. The number of benzene rings is 2. The fraction of sp³-hybridized carbons (Fsp3) is 0.143. The second-order valence-corrected chi connectivity index (χ2v) is 6.41. The summed E-state index contributed by atoms with van der Waals surface area (Å²) in [5, 5.41) is 0. The zero-order valence-electron chi connectivity index (χ0n) is 11.6. The van der Waals surface area contributed by atoms with Gasteiger partial charge in [0, 0.05) is 6.07 Å². The van der Waals surface area contributed by atoms with Crippen LogP contribution in [0.25, 0.3) is 0 Å². The number of anilines is 1. The molecule has 0 radical (unpaired) electrons. The van der Waals surface area contributed by atoms with E-state index in [1.807, 2.05) is 0 Å². The number of alkyl halides is 3. The molecule has 0 heterocycles. The second kappa shape index (κ2) is 5.80. The molecule has 2 aromatic carbocycles. The molecule has 0 atom stereocenters. The van der Waals surface area contributed by atoms with E-state index in [1.54, 1.807) is 11.6 Å². The Kier molecular flexibility index (Phi) is 4.34. The van der Waals surface area contributed by atoms with Crippen LogP contribution in [0.3, 0.4) is 0 Å². The molecule has 0 aliphatic carbocycles. The van der Waals surface area contributed by atoms with E-state index >= 15 is 0 Å². The highest BCUT2D eigenvalue weighted by Gasteiger charge is 2.36. The maximum Gasteiger partial charge on any atom is 0.419 e. The SMILES string of the molecule is Cc1ccc(S(=O)(=O)Nc2cc(F)cc(C(F)(F)F)c2F)cc1. The molecule has 0 fully saturated rings. The first-order chi connectivity index (χ1) is 10.5. The molecule has 9 heteroatoms. The van der Waals surface area contributed by atoms with Gasteiger partial charge in [0.05, 0.1) is 16.1 Å². The van der Waals surface area contributed by atoms with E-state index in [0.717, 1.165) is 5.56 Å². The minimum Gasteiger partial charge on any atom is -0.277 e. The Hall–Kier alpha value is -2.16. The molecule has 0 saturated carbocycles. The van der Waals surface area contributed by atoms with Gasteiger partial charge in [0.2, 0.25) is 0 Å². The first kappa shape index (κ1) is 17.2. The third-order valence-corrected chi connectivity index (χ3v) is 4.30. The molecule has 2 aromatic rings. The van der Waals surface area contributed by atoms with Crippen molar-refractivity contribution in [3.63, 3.8) is 0 Å². The molecule has 0 aliphatic heterocycles. The number of hydrogen-bond acceptors (Lipinski definition) is 2. The Morgan fingerprint density at radius 3 is 2.09 bits per heavy atom. The van der Waals surface area contributed by atoms with E-state index in [4.69, 9.17) is 0 Å². The Labute approximate surface area is 128 Å². The molecular formula is C14H10F5NO2S. The van der Waals surface area contributed by atoms with Gasteiger partial charge in [0.1, 0.15) is 5.82 Å². The van der Waals surface area contributed by atoms with Crippen molar-refractivity contribution in [1.29, 1.82) is 0 Å². The molecular weight excluding hydrogens is 341 g/mol. The van der Waals surface area contributed by atoms with Crippen LogP contribution < -0.4 is 4.72 Å². The molecule has 0 aliphatic rings. The lowest BCUT2D eigenvalue weighted by Crippen LogP contribution is -2.17. The lowest BCUT2D eigenvalue weighted by molar-refractivity contribution is -0.140. The molecule has 1 N–H and O–H groups in total. The van der Waals surface area contributed by atoms with Gasteiger partial charge in [-0.2, -0.15) is 13.2 Å². The summed E-state index contributed by atoms with van der Waals surface area (Å²) < 4.78 is 90.7. The number of hydrogen-bond donors (Lipinski definition) is 1. The number of rotatable bonds is 3. The Balaban J connectivity index is 2.48. The fourth-order valence-electron chi connectivity index (χ4n) is 1.79. The number of aryl methyl sites for hydroxylation is 1. The molecule has 124 valence electrons. The van der Waals surface area contributed by atoms with Crippen LogP contribution in [-0.4, -0.2) is 8.42 Å². The van der Waals surface area contributed by atoms with Crippen LogP contribution in [0.1, 0.15) is 11.1 Å². The van der Waals surface area contributed by atoms with Crippen molar-refractivity contribution < 1.29 is 30.4 Å². The quantitative estimate of drug-likeness (QED) is 0.847. The van der Waals surface area contributed by atoms with Crippen molar-refractivity contribution in [2.24, 2.45) is 0 Å². The summed E-state index contributed by atoms with van der Waals surface area (Å²) in [6.45, 7) is 1.70. The molecule has 0 unspecified atom stereocenters. The predicted molar refractivity (Wildman–Crippen MR) is 73.3 cm³/mol. The Morgan fingerprint density at radius 2 is 1.57 bits per heavy atom. The van der Waals surface area contributed by atoms with Gasteiger partial charge in [-0.05, 0) is 25.1 Å². The molecule has 0 saturated heterocycles. The van der Waals surface area contributed by atoms with Gasteiger partial charge in [-0.15, -0.1) is 0 Å². The number of sulfonamides is 1. The summed E-state index contributed by atoms with van der Waals surface area (Å²) in [5.74, 6) is -3.31. The summed E-state index contributed by atoms with van der Waals surface area (Å²) in [5.41, 5.74) is -2.25. The first-order valence-corrected chi connectivity index (χ1v) is 7.65. The summed E-state index contributed by atoms with van der Waals surface area (Å²) in [7, 11) is -4.36. The van der Waals surface area contributed by atoms with Crippen LogP contribution in [0.2, 0.25) is 0 Å². The van der Waals surface area contributed by atoms with Crippen LogP contribution in [0.5, 0.6) is 0 Å². The van der Waals surface area contributed by atoms with Gasteiger partial charge in [0.15, 0.2) is 5.82 Å². The monoisotopic (exact) mass is 351 g/mol. The largest absolute Gasteiger partial charge is 0.419 e. The fourth-order valence-corrected chi connectivity index (χ4v) is 2.84. The zero-order valence-corrected chi connectivity index (χ0v) is 12.4. The highest BCUT2D eigenvalue weighted by molar-refractivity contribution is 7.92. The van der Waals surface area contributed by atoms with Crippen LogP contribution >= 0.6 is 0 Å². The smallest absolute Gasteiger partial charge is 0.277 e. The maximum atomic E-state index is 13.8. The molecule has 3 nitrogen and oxygen atoms in total. The third-order valence-electron chi connectivity index (χ3n) is 2.92. The van der Waals surface area contributed by atoms with E-state index in [9.17, 15) is 30.4 Å². The number of halogens is 5. The summed E-state index contributed by atoms with van der Waals surface area (Å²) >= 11 is 0. The topological polar surface area (TPSA) is 46.2 Å². The van der Waals surface area contributed by atoms with Gasteiger partial charge in [-0.3, -0.25) is 4.72 Å². The molecule has 0 spiro atoms. The van der Waals surface area contributed by atoms with E-state index in [1.165, 1.54) is 24.3 Å². The van der Waals surface area contributed by atoms with Crippen molar-refractivity contribution in [1.82, 2.24) is 0 Å². The standard InChI is InChI=1S/C14H10F5NO2S/c1-8-2-4-10(5-3-8)23(21,22)20-12-7-9(15)6-11(13(12)16)14(17,18)19/h2-7,20H,1H3. The van der Waals surface area contributed by atoms with Crippen LogP contribution in [0.15, 0.2) is 41.3 Å².